The molecule has 1 unspecified atom stereocenters. The molecule has 0 amide bonds. The van der Waals surface area contributed by atoms with Crippen LogP contribution >= 0.6 is 11.6 Å². The molecule has 1 aromatic rings. The Labute approximate surface area is 133 Å². The molecule has 1 aromatic carbocycles. The van der Waals surface area contributed by atoms with Crippen LogP contribution in [0.5, 0.6) is 0 Å². The zero-order valence-electron chi connectivity index (χ0n) is 12.9. The Bertz CT molecular complexity index is 477. The highest BCUT2D eigenvalue weighted by Gasteiger charge is 2.29. The highest BCUT2D eigenvalue weighted by molar-refractivity contribution is 6.30. The van der Waals surface area contributed by atoms with Crippen LogP contribution < -0.4 is 10.2 Å². The van der Waals surface area contributed by atoms with Crippen molar-refractivity contribution in [3.05, 3.63) is 28.8 Å². The SMILES string of the molecule is CCNCc1ccc(Cl)cc1N1CCCN2CCCC2C1. The van der Waals surface area contributed by atoms with Crippen molar-refractivity contribution < 1.29 is 0 Å². The zero-order valence-corrected chi connectivity index (χ0v) is 13.7. The fourth-order valence-electron chi connectivity index (χ4n) is 3.67. The first-order valence-corrected chi connectivity index (χ1v) is 8.64. The van der Waals surface area contributed by atoms with Crippen molar-refractivity contribution in [2.75, 3.05) is 37.6 Å². The van der Waals surface area contributed by atoms with Gasteiger partial charge in [-0.25, -0.2) is 0 Å². The van der Waals surface area contributed by atoms with Crippen molar-refractivity contribution in [1.82, 2.24) is 10.2 Å². The molecule has 2 fully saturated rings. The molecule has 1 N–H and O–H groups in total. The minimum absolute atomic E-state index is 0.735. The van der Waals surface area contributed by atoms with Crippen molar-refractivity contribution in [2.24, 2.45) is 0 Å². The lowest BCUT2D eigenvalue weighted by molar-refractivity contribution is 0.273. The van der Waals surface area contributed by atoms with Gasteiger partial charge in [0, 0.05) is 42.9 Å². The van der Waals surface area contributed by atoms with Gasteiger partial charge in [0.1, 0.15) is 0 Å². The fraction of sp³-hybridized carbons (Fsp3) is 0.647. The molecule has 2 aliphatic heterocycles. The maximum atomic E-state index is 6.26. The summed E-state index contributed by atoms with van der Waals surface area (Å²) in [6.07, 6.45) is 3.96. The predicted molar refractivity (Wildman–Crippen MR) is 90.3 cm³/mol. The third-order valence-corrected chi connectivity index (χ3v) is 4.99. The van der Waals surface area contributed by atoms with E-state index in [0.29, 0.717) is 0 Å². The van der Waals surface area contributed by atoms with E-state index in [1.807, 2.05) is 6.07 Å². The molecule has 2 heterocycles. The van der Waals surface area contributed by atoms with Crippen LogP contribution in [0.3, 0.4) is 0 Å². The molecule has 116 valence electrons. The Morgan fingerprint density at radius 2 is 2.10 bits per heavy atom. The number of nitrogens with one attached hydrogen (secondary N) is 1. The van der Waals surface area contributed by atoms with E-state index in [1.165, 1.54) is 43.6 Å². The Kier molecular flexibility index (Phi) is 5.04. The van der Waals surface area contributed by atoms with E-state index in [2.05, 4.69) is 34.2 Å². The van der Waals surface area contributed by atoms with Gasteiger partial charge in [-0.2, -0.15) is 0 Å². The molecule has 3 rings (SSSR count). The molecule has 0 aromatic heterocycles. The van der Waals surface area contributed by atoms with Gasteiger partial charge in [0.2, 0.25) is 0 Å². The predicted octanol–water partition coefficient (Wildman–Crippen LogP) is 3.12. The molecule has 2 saturated heterocycles. The first-order valence-electron chi connectivity index (χ1n) is 8.26. The highest BCUT2D eigenvalue weighted by Crippen LogP contribution is 2.29. The molecule has 0 spiro atoms. The van der Waals surface area contributed by atoms with Gasteiger partial charge in [-0.15, -0.1) is 0 Å². The van der Waals surface area contributed by atoms with E-state index in [1.54, 1.807) is 0 Å². The lowest BCUT2D eigenvalue weighted by Crippen LogP contribution is -2.37. The van der Waals surface area contributed by atoms with E-state index >= 15 is 0 Å². The van der Waals surface area contributed by atoms with Crippen LogP contribution in [0.1, 0.15) is 31.7 Å². The van der Waals surface area contributed by atoms with Crippen LogP contribution in [0.25, 0.3) is 0 Å². The van der Waals surface area contributed by atoms with Gasteiger partial charge in [-0.05, 0) is 50.0 Å². The second-order valence-electron chi connectivity index (χ2n) is 6.18. The summed E-state index contributed by atoms with van der Waals surface area (Å²) in [6, 6.07) is 7.08. The van der Waals surface area contributed by atoms with Crippen molar-refractivity contribution in [2.45, 2.75) is 38.8 Å². The molecule has 0 bridgehead atoms. The number of fused-ring (bicyclic) bond motifs is 1. The number of hydrogen-bond donors (Lipinski definition) is 1. The van der Waals surface area contributed by atoms with Crippen molar-refractivity contribution in [3.8, 4) is 0 Å². The average Bonchev–Trinajstić information content (AvgIpc) is 2.83. The van der Waals surface area contributed by atoms with Gasteiger partial charge in [-0.3, -0.25) is 4.90 Å². The summed E-state index contributed by atoms with van der Waals surface area (Å²) in [5.74, 6) is 0. The van der Waals surface area contributed by atoms with Crippen LogP contribution in [0.15, 0.2) is 18.2 Å². The van der Waals surface area contributed by atoms with Gasteiger partial charge in [0.25, 0.3) is 0 Å². The van der Waals surface area contributed by atoms with Crippen LogP contribution in [0.2, 0.25) is 5.02 Å². The summed E-state index contributed by atoms with van der Waals surface area (Å²) < 4.78 is 0. The van der Waals surface area contributed by atoms with Crippen molar-refractivity contribution >= 4 is 17.3 Å². The molecule has 0 aliphatic carbocycles. The monoisotopic (exact) mass is 307 g/mol. The van der Waals surface area contributed by atoms with E-state index < -0.39 is 0 Å². The Hall–Kier alpha value is -0.770. The van der Waals surface area contributed by atoms with Gasteiger partial charge in [0.15, 0.2) is 0 Å². The molecule has 0 saturated carbocycles. The van der Waals surface area contributed by atoms with Crippen LogP contribution in [0, 0.1) is 0 Å². The Morgan fingerprint density at radius 1 is 1.24 bits per heavy atom. The molecule has 4 heteroatoms. The van der Waals surface area contributed by atoms with Crippen LogP contribution in [-0.2, 0) is 6.54 Å². The number of hydrogen-bond acceptors (Lipinski definition) is 3. The topological polar surface area (TPSA) is 18.5 Å². The third kappa shape index (κ3) is 3.53. The summed E-state index contributed by atoms with van der Waals surface area (Å²) >= 11 is 6.26. The molecular formula is C17H26ClN3. The first kappa shape index (κ1) is 15.1. The molecule has 0 radical (unpaired) electrons. The fourth-order valence-corrected chi connectivity index (χ4v) is 3.83. The molecule has 21 heavy (non-hydrogen) atoms. The number of benzene rings is 1. The van der Waals surface area contributed by atoms with Gasteiger partial charge < -0.3 is 10.2 Å². The largest absolute Gasteiger partial charge is 0.370 e. The van der Waals surface area contributed by atoms with Gasteiger partial charge in [0.05, 0.1) is 0 Å². The number of rotatable bonds is 4. The summed E-state index contributed by atoms with van der Waals surface area (Å²) in [5.41, 5.74) is 2.70. The molecule has 3 nitrogen and oxygen atoms in total. The molecular weight excluding hydrogens is 282 g/mol. The summed E-state index contributed by atoms with van der Waals surface area (Å²) in [4.78, 5) is 5.24. The van der Waals surface area contributed by atoms with Gasteiger partial charge in [-0.1, -0.05) is 24.6 Å². The average molecular weight is 308 g/mol. The van der Waals surface area contributed by atoms with Gasteiger partial charge >= 0.3 is 0 Å². The normalized spacial score (nSPS) is 23.1. The van der Waals surface area contributed by atoms with E-state index in [-0.39, 0.29) is 0 Å². The number of halogens is 1. The Balaban J connectivity index is 1.82. The smallest absolute Gasteiger partial charge is 0.0427 e. The quantitative estimate of drug-likeness (QED) is 0.922. The highest BCUT2D eigenvalue weighted by atomic mass is 35.5. The summed E-state index contributed by atoms with van der Waals surface area (Å²) in [5, 5.41) is 4.29. The third-order valence-electron chi connectivity index (χ3n) is 4.76. The Morgan fingerprint density at radius 3 is 2.95 bits per heavy atom. The van der Waals surface area contributed by atoms with Crippen molar-refractivity contribution in [3.63, 3.8) is 0 Å². The lowest BCUT2D eigenvalue weighted by Gasteiger charge is -2.29. The number of nitrogens with zero attached hydrogens (tertiary/aromatic N) is 2. The maximum Gasteiger partial charge on any atom is 0.0427 e. The van der Waals surface area contributed by atoms with E-state index in [9.17, 15) is 0 Å². The second kappa shape index (κ2) is 6.99. The van der Waals surface area contributed by atoms with Crippen LogP contribution in [0.4, 0.5) is 5.69 Å². The minimum atomic E-state index is 0.735. The summed E-state index contributed by atoms with van der Waals surface area (Å²) in [6.45, 7) is 8.92. The first-order chi connectivity index (χ1) is 10.3. The van der Waals surface area contributed by atoms with E-state index in [4.69, 9.17) is 11.6 Å². The lowest BCUT2D eigenvalue weighted by atomic mass is 10.1. The maximum absolute atomic E-state index is 6.26. The summed E-state index contributed by atoms with van der Waals surface area (Å²) in [7, 11) is 0. The number of anilines is 1. The van der Waals surface area contributed by atoms with Crippen LogP contribution in [-0.4, -0.2) is 43.7 Å². The second-order valence-corrected chi connectivity index (χ2v) is 6.62. The molecule has 1 atom stereocenters. The zero-order chi connectivity index (χ0) is 14.7. The standard InChI is InChI=1S/C17H26ClN3/c1-2-19-12-14-6-7-15(18)11-17(14)21-10-4-9-20-8-3-5-16(20)13-21/h6-7,11,16,19H,2-5,8-10,12-13H2,1H3. The van der Waals surface area contributed by atoms with Crippen molar-refractivity contribution in [1.29, 1.82) is 0 Å². The van der Waals surface area contributed by atoms with E-state index in [0.717, 1.165) is 37.2 Å². The molecule has 2 aliphatic rings. The minimum Gasteiger partial charge on any atom is -0.370 e.